The highest BCUT2D eigenvalue weighted by Gasteiger charge is 1.92. The first kappa shape index (κ1) is 9.65. The quantitative estimate of drug-likeness (QED) is 0.391. The van der Waals surface area contributed by atoms with E-state index in [1.54, 1.807) is 6.20 Å². The molecule has 0 aromatic rings. The first-order valence-corrected chi connectivity index (χ1v) is 3.91. The monoisotopic (exact) mass is 161 g/mol. The zero-order valence-corrected chi connectivity index (χ0v) is 6.93. The van der Waals surface area contributed by atoms with E-state index in [-0.39, 0.29) is 0 Å². The van der Waals surface area contributed by atoms with Crippen LogP contribution in [0.3, 0.4) is 0 Å². The van der Waals surface area contributed by atoms with Crippen LogP contribution in [0.15, 0.2) is 12.4 Å². The summed E-state index contributed by atoms with van der Waals surface area (Å²) in [6, 6.07) is 0. The Labute approximate surface area is 67.5 Å². The number of hydrogen-bond acceptors (Lipinski definition) is 4. The molecule has 4 N–H and O–H groups in total. The van der Waals surface area contributed by atoms with Crippen LogP contribution >= 0.6 is 12.6 Å². The molecule has 0 aromatic heterocycles. The van der Waals surface area contributed by atoms with Gasteiger partial charge in [-0.2, -0.15) is 12.6 Å². The number of thiol groups is 1. The summed E-state index contributed by atoms with van der Waals surface area (Å²) < 4.78 is 0. The molecule has 0 aliphatic rings. The normalized spacial score (nSPS) is 10.6. The molecule has 10 heavy (non-hydrogen) atoms. The number of rotatable bonds is 5. The van der Waals surface area contributed by atoms with Crippen molar-refractivity contribution < 1.29 is 0 Å². The van der Waals surface area contributed by atoms with E-state index in [1.807, 2.05) is 4.90 Å². The molecule has 0 saturated carbocycles. The Hall–Kier alpha value is -0.350. The van der Waals surface area contributed by atoms with Crippen LogP contribution in [0, 0.1) is 0 Å². The van der Waals surface area contributed by atoms with Gasteiger partial charge >= 0.3 is 0 Å². The molecule has 0 amide bonds. The van der Waals surface area contributed by atoms with Gasteiger partial charge in [0, 0.05) is 18.9 Å². The van der Waals surface area contributed by atoms with E-state index in [4.69, 9.17) is 11.5 Å². The third-order valence-corrected chi connectivity index (χ3v) is 1.45. The van der Waals surface area contributed by atoms with Gasteiger partial charge in [-0.1, -0.05) is 0 Å². The maximum atomic E-state index is 5.39. The predicted octanol–water partition coefficient (Wildman–Crippen LogP) is -0.0456. The van der Waals surface area contributed by atoms with Gasteiger partial charge in [0.05, 0.1) is 6.67 Å². The summed E-state index contributed by atoms with van der Waals surface area (Å²) in [5.74, 6) is 0.884. The van der Waals surface area contributed by atoms with Crippen LogP contribution in [0.1, 0.15) is 6.42 Å². The Balaban J connectivity index is 3.39. The van der Waals surface area contributed by atoms with Gasteiger partial charge in [-0.3, -0.25) is 0 Å². The second kappa shape index (κ2) is 6.77. The summed E-state index contributed by atoms with van der Waals surface area (Å²) in [4.78, 5) is 1.94. The lowest BCUT2D eigenvalue weighted by molar-refractivity contribution is 0.388. The molecule has 4 heteroatoms. The molecule has 0 aliphatic heterocycles. The minimum absolute atomic E-state index is 0.515. The van der Waals surface area contributed by atoms with E-state index in [0.717, 1.165) is 18.7 Å². The molecular formula is C6H15N3S. The maximum absolute atomic E-state index is 5.39. The zero-order chi connectivity index (χ0) is 7.82. The second-order valence-electron chi connectivity index (χ2n) is 1.91. The van der Waals surface area contributed by atoms with E-state index in [1.165, 1.54) is 6.20 Å². The Morgan fingerprint density at radius 2 is 2.20 bits per heavy atom. The fourth-order valence-electron chi connectivity index (χ4n) is 0.622. The molecule has 0 spiro atoms. The molecule has 0 aromatic carbocycles. The third kappa shape index (κ3) is 4.52. The molecule has 60 valence electrons. The van der Waals surface area contributed by atoms with Crippen molar-refractivity contribution in [3.63, 3.8) is 0 Å². The van der Waals surface area contributed by atoms with Gasteiger partial charge in [-0.25, -0.2) is 0 Å². The predicted molar refractivity (Wildman–Crippen MR) is 47.6 cm³/mol. The molecule has 0 radical (unpaired) electrons. The smallest absolute Gasteiger partial charge is 0.0651 e. The van der Waals surface area contributed by atoms with Crippen LogP contribution in [0.2, 0.25) is 0 Å². The highest BCUT2D eigenvalue weighted by Crippen LogP contribution is 1.90. The van der Waals surface area contributed by atoms with Gasteiger partial charge in [0.15, 0.2) is 0 Å². The summed E-state index contributed by atoms with van der Waals surface area (Å²) in [5.41, 5.74) is 10.6. The fourth-order valence-corrected chi connectivity index (χ4v) is 0.764. The van der Waals surface area contributed by atoms with Crippen LogP contribution in [-0.2, 0) is 0 Å². The van der Waals surface area contributed by atoms with Crippen LogP contribution in [-0.4, -0.2) is 23.9 Å². The summed E-state index contributed by atoms with van der Waals surface area (Å²) in [6.07, 6.45) is 4.31. The summed E-state index contributed by atoms with van der Waals surface area (Å²) >= 11 is 4.08. The molecule has 0 fully saturated rings. The average molecular weight is 161 g/mol. The number of nitrogens with two attached hydrogens (primary N) is 2. The lowest BCUT2D eigenvalue weighted by atomic mass is 10.4. The Kier molecular flexibility index (Phi) is 6.53. The molecule has 0 unspecified atom stereocenters. The summed E-state index contributed by atoms with van der Waals surface area (Å²) in [7, 11) is 0. The van der Waals surface area contributed by atoms with Gasteiger partial charge in [0.1, 0.15) is 0 Å². The maximum Gasteiger partial charge on any atom is 0.0651 e. The first-order chi connectivity index (χ1) is 4.85. The molecule has 0 aliphatic carbocycles. The van der Waals surface area contributed by atoms with Crippen molar-refractivity contribution in [3.05, 3.63) is 12.4 Å². The van der Waals surface area contributed by atoms with Gasteiger partial charge in [0.2, 0.25) is 0 Å². The molecule has 0 bridgehead atoms. The summed E-state index contributed by atoms with van der Waals surface area (Å²) in [5, 5.41) is 0. The number of hydrogen-bond donors (Lipinski definition) is 3. The van der Waals surface area contributed by atoms with Gasteiger partial charge in [-0.05, 0) is 12.2 Å². The highest BCUT2D eigenvalue weighted by atomic mass is 32.1. The van der Waals surface area contributed by atoms with Crippen molar-refractivity contribution in [1.29, 1.82) is 0 Å². The van der Waals surface area contributed by atoms with Crippen molar-refractivity contribution in [1.82, 2.24) is 4.90 Å². The first-order valence-electron chi connectivity index (χ1n) is 3.28. The standard InChI is InChI=1S/C6H15N3S/c7-2-4-9(6-8)3-1-5-10/h2,4,10H,1,3,5-8H2/b4-2-. The summed E-state index contributed by atoms with van der Waals surface area (Å²) in [6.45, 7) is 1.44. The average Bonchev–Trinajstić information content (AvgIpc) is 1.98. The molecule has 0 atom stereocenters. The molecule has 3 nitrogen and oxygen atoms in total. The Morgan fingerprint density at radius 1 is 1.50 bits per heavy atom. The minimum atomic E-state index is 0.515. The fraction of sp³-hybridized carbons (Fsp3) is 0.667. The molecule has 0 saturated heterocycles. The van der Waals surface area contributed by atoms with E-state index in [2.05, 4.69) is 12.6 Å². The SMILES string of the molecule is N/C=C\N(CN)CCCS. The van der Waals surface area contributed by atoms with E-state index in [0.29, 0.717) is 6.67 Å². The second-order valence-corrected chi connectivity index (χ2v) is 2.36. The van der Waals surface area contributed by atoms with Crippen molar-refractivity contribution in [2.24, 2.45) is 11.5 Å². The Bertz CT molecular complexity index is 95.0. The van der Waals surface area contributed by atoms with Crippen molar-refractivity contribution in [3.8, 4) is 0 Å². The van der Waals surface area contributed by atoms with E-state index >= 15 is 0 Å². The van der Waals surface area contributed by atoms with Crippen LogP contribution < -0.4 is 11.5 Å². The van der Waals surface area contributed by atoms with Gasteiger partial charge < -0.3 is 16.4 Å². The van der Waals surface area contributed by atoms with Crippen LogP contribution in [0.25, 0.3) is 0 Å². The lowest BCUT2D eigenvalue weighted by Crippen LogP contribution is -2.26. The van der Waals surface area contributed by atoms with Crippen molar-refractivity contribution in [2.45, 2.75) is 6.42 Å². The van der Waals surface area contributed by atoms with Gasteiger partial charge in [-0.15, -0.1) is 0 Å². The third-order valence-electron chi connectivity index (χ3n) is 1.13. The number of nitrogens with zero attached hydrogens (tertiary/aromatic N) is 1. The van der Waals surface area contributed by atoms with Crippen molar-refractivity contribution >= 4 is 12.6 Å². The molecule has 0 heterocycles. The molecule has 0 rings (SSSR count). The highest BCUT2D eigenvalue weighted by molar-refractivity contribution is 7.80. The Morgan fingerprint density at radius 3 is 2.60 bits per heavy atom. The lowest BCUT2D eigenvalue weighted by Gasteiger charge is -2.16. The topological polar surface area (TPSA) is 55.3 Å². The van der Waals surface area contributed by atoms with Crippen LogP contribution in [0.5, 0.6) is 0 Å². The van der Waals surface area contributed by atoms with E-state index in [9.17, 15) is 0 Å². The van der Waals surface area contributed by atoms with Crippen LogP contribution in [0.4, 0.5) is 0 Å². The van der Waals surface area contributed by atoms with Gasteiger partial charge in [0.25, 0.3) is 0 Å². The van der Waals surface area contributed by atoms with E-state index < -0.39 is 0 Å². The molecular weight excluding hydrogens is 146 g/mol. The largest absolute Gasteiger partial charge is 0.403 e. The van der Waals surface area contributed by atoms with Crippen molar-refractivity contribution in [2.75, 3.05) is 19.0 Å². The minimum Gasteiger partial charge on any atom is -0.403 e. The zero-order valence-electron chi connectivity index (χ0n) is 6.03.